The Morgan fingerprint density at radius 1 is 0.521 bits per heavy atom. The molecule has 4 N–H and O–H groups in total. The number of hydrogen-bond acceptors (Lipinski definition) is 11. The molecule has 1 rings (SSSR count). The molecule has 0 aliphatic carbocycles. The molecule has 1 heterocycles. The molecule has 1 saturated heterocycles. The number of allylic oxidation sites excluding steroid dienone is 4. The Labute approximate surface area is 435 Å². The van der Waals surface area contributed by atoms with Crippen LogP contribution in [0.5, 0.6) is 0 Å². The largest absolute Gasteiger partial charge is 0.457 e. The first-order valence-corrected chi connectivity index (χ1v) is 31.0. The van der Waals surface area contributed by atoms with Crippen molar-refractivity contribution >= 4 is 16.4 Å². The average molecular weight is 1030 g/mol. The molecule has 1 aliphatic rings. The van der Waals surface area contributed by atoms with Crippen LogP contribution < -0.4 is 0 Å². The fraction of sp³-hybridized carbons (Fsp3) is 0.914. The maximum Gasteiger partial charge on any atom is 0.397 e. The van der Waals surface area contributed by atoms with Crippen molar-refractivity contribution in [2.45, 2.75) is 314 Å². The molecule has 6 atom stereocenters. The van der Waals surface area contributed by atoms with E-state index >= 15 is 0 Å². The van der Waals surface area contributed by atoms with Gasteiger partial charge < -0.3 is 34.3 Å². The molecule has 12 nitrogen and oxygen atoms in total. The second kappa shape index (κ2) is 49.5. The number of carbonyl (C=O) groups is 1. The zero-order chi connectivity index (χ0) is 51.7. The second-order valence-electron chi connectivity index (χ2n) is 20.6. The van der Waals surface area contributed by atoms with Crippen LogP contribution in [0.15, 0.2) is 24.3 Å². The minimum absolute atomic E-state index is 0.0383. The fourth-order valence-corrected chi connectivity index (χ4v) is 9.82. The Kier molecular flexibility index (Phi) is 47.1. The summed E-state index contributed by atoms with van der Waals surface area (Å²) in [5, 5.41) is 30.8. The molecule has 0 aromatic heterocycles. The lowest BCUT2D eigenvalue weighted by atomic mass is 9.99. The van der Waals surface area contributed by atoms with Crippen molar-refractivity contribution in [2.24, 2.45) is 0 Å². The number of ether oxygens (including phenoxy) is 4. The molecule has 0 bridgehead atoms. The molecule has 13 heteroatoms. The summed E-state index contributed by atoms with van der Waals surface area (Å²) >= 11 is 0. The summed E-state index contributed by atoms with van der Waals surface area (Å²) in [5.41, 5.74) is 0. The average Bonchev–Trinajstić information content (AvgIpc) is 3.35. The quantitative estimate of drug-likeness (QED) is 0.0196. The van der Waals surface area contributed by atoms with Crippen LogP contribution in [0.2, 0.25) is 0 Å². The molecule has 1 aliphatic heterocycles. The maximum absolute atomic E-state index is 12.9. The van der Waals surface area contributed by atoms with Crippen LogP contribution in [-0.4, -0.2) is 97.5 Å². The highest BCUT2D eigenvalue weighted by atomic mass is 32.3. The summed E-state index contributed by atoms with van der Waals surface area (Å²) in [6.07, 6.45) is 50.8. The van der Waals surface area contributed by atoms with Crippen molar-refractivity contribution < 1.29 is 56.2 Å². The Hall–Kier alpha value is -1.42. The predicted molar refractivity (Wildman–Crippen MR) is 290 cm³/mol. The van der Waals surface area contributed by atoms with E-state index in [0.29, 0.717) is 13.0 Å². The van der Waals surface area contributed by atoms with E-state index in [1.165, 1.54) is 205 Å². The highest BCUT2D eigenvalue weighted by molar-refractivity contribution is 7.80. The lowest BCUT2D eigenvalue weighted by molar-refractivity contribution is -0.301. The van der Waals surface area contributed by atoms with Gasteiger partial charge in [-0.2, -0.15) is 8.42 Å². The zero-order valence-corrected chi connectivity index (χ0v) is 46.4. The van der Waals surface area contributed by atoms with Crippen molar-refractivity contribution in [2.75, 3.05) is 26.4 Å². The standard InChI is InChI=1S/C58H110O12S/c1-3-5-7-9-11-13-15-17-19-21-23-24-25-26-27-28-29-30-32-34-36-38-40-42-44-46-48-66-50-52(51-67-58-56(62)57(70-71(63,64)65)55(61)53(49-59)69-58)68-54(60)47-45-43-41-39-37-35-33-31-22-20-18-16-14-12-10-8-6-4-2/h20-23,52-53,55-59,61-62H,3-19,24-51H2,1-2H3,(H,63,64,65)/b22-20-,23-21-. The molecular weight excluding hydrogens is 921 g/mol. The van der Waals surface area contributed by atoms with Gasteiger partial charge in [0.25, 0.3) is 0 Å². The SMILES string of the molecule is CCCCCCCCC/C=C\CCCCCCCCCC(=O)OC(COCCCCCCCCCCCCCCCC/C=C\CCCCCCCCCC)COC1OC(CO)C(O)C(OS(=O)(=O)O)C1O. The van der Waals surface area contributed by atoms with Crippen molar-refractivity contribution in [1.29, 1.82) is 0 Å². The topological polar surface area (TPSA) is 178 Å². The van der Waals surface area contributed by atoms with Gasteiger partial charge in [0, 0.05) is 13.0 Å². The molecule has 420 valence electrons. The molecular formula is C58H110O12S. The smallest absolute Gasteiger partial charge is 0.397 e. The number of esters is 1. The molecule has 0 radical (unpaired) electrons. The van der Waals surface area contributed by atoms with Crippen molar-refractivity contribution in [3.63, 3.8) is 0 Å². The second-order valence-corrected chi connectivity index (χ2v) is 21.6. The highest BCUT2D eigenvalue weighted by Gasteiger charge is 2.48. The number of carbonyl (C=O) groups excluding carboxylic acids is 1. The molecule has 0 aromatic carbocycles. The van der Waals surface area contributed by atoms with E-state index in [1.807, 2.05) is 0 Å². The van der Waals surface area contributed by atoms with Crippen LogP contribution in [0.4, 0.5) is 0 Å². The lowest BCUT2D eigenvalue weighted by Crippen LogP contribution is -2.60. The summed E-state index contributed by atoms with van der Waals surface area (Å²) in [5.74, 6) is -0.398. The number of aliphatic hydroxyl groups is 3. The van der Waals surface area contributed by atoms with Gasteiger partial charge in [0.2, 0.25) is 0 Å². The van der Waals surface area contributed by atoms with Crippen LogP contribution in [0.1, 0.15) is 277 Å². The minimum Gasteiger partial charge on any atom is -0.457 e. The first kappa shape index (κ1) is 67.6. The molecule has 0 aromatic rings. The summed E-state index contributed by atoms with van der Waals surface area (Å²) < 4.78 is 59.4. The van der Waals surface area contributed by atoms with E-state index in [4.69, 9.17) is 18.9 Å². The van der Waals surface area contributed by atoms with Gasteiger partial charge in [-0.05, 0) is 64.2 Å². The van der Waals surface area contributed by atoms with E-state index in [-0.39, 0.29) is 19.6 Å². The first-order chi connectivity index (χ1) is 34.6. The van der Waals surface area contributed by atoms with E-state index in [2.05, 4.69) is 42.3 Å². The van der Waals surface area contributed by atoms with Crippen molar-refractivity contribution in [3.8, 4) is 0 Å². The number of aliphatic hydroxyl groups excluding tert-OH is 3. The van der Waals surface area contributed by atoms with Crippen LogP contribution in [0, 0.1) is 0 Å². The van der Waals surface area contributed by atoms with Crippen molar-refractivity contribution in [1.82, 2.24) is 0 Å². The van der Waals surface area contributed by atoms with Gasteiger partial charge in [-0.1, -0.05) is 231 Å². The summed E-state index contributed by atoms with van der Waals surface area (Å²) in [7, 11) is -5.07. The monoisotopic (exact) mass is 1030 g/mol. The van der Waals surface area contributed by atoms with Crippen LogP contribution >= 0.6 is 0 Å². The van der Waals surface area contributed by atoms with Crippen LogP contribution in [-0.2, 0) is 38.3 Å². The van der Waals surface area contributed by atoms with Gasteiger partial charge in [0.1, 0.15) is 30.5 Å². The van der Waals surface area contributed by atoms with Crippen LogP contribution in [0.3, 0.4) is 0 Å². The molecule has 71 heavy (non-hydrogen) atoms. The summed E-state index contributed by atoms with van der Waals surface area (Å²) in [6, 6.07) is 0. The third kappa shape index (κ3) is 42.5. The van der Waals surface area contributed by atoms with Gasteiger partial charge in [-0.3, -0.25) is 9.35 Å². The third-order valence-corrected chi connectivity index (χ3v) is 14.3. The van der Waals surface area contributed by atoms with Gasteiger partial charge in [0.15, 0.2) is 6.29 Å². The summed E-state index contributed by atoms with van der Waals surface area (Å²) in [6.45, 7) is 4.04. The minimum atomic E-state index is -5.07. The third-order valence-electron chi connectivity index (χ3n) is 13.8. The Balaban J connectivity index is 2.26. The van der Waals surface area contributed by atoms with E-state index in [1.54, 1.807) is 0 Å². The molecule has 1 fully saturated rings. The molecule has 6 unspecified atom stereocenters. The van der Waals surface area contributed by atoms with E-state index < -0.39 is 59.8 Å². The number of unbranched alkanes of at least 4 members (excludes halogenated alkanes) is 36. The Morgan fingerprint density at radius 3 is 1.27 bits per heavy atom. The van der Waals surface area contributed by atoms with E-state index in [9.17, 15) is 33.1 Å². The van der Waals surface area contributed by atoms with Gasteiger partial charge in [-0.25, -0.2) is 4.18 Å². The normalized spacial score (nSPS) is 19.1. The Morgan fingerprint density at radius 2 is 0.887 bits per heavy atom. The van der Waals surface area contributed by atoms with Gasteiger partial charge in [0.05, 0.1) is 19.8 Å². The Bertz CT molecular complexity index is 1330. The van der Waals surface area contributed by atoms with Gasteiger partial charge in [-0.15, -0.1) is 0 Å². The van der Waals surface area contributed by atoms with Gasteiger partial charge >= 0.3 is 16.4 Å². The van der Waals surface area contributed by atoms with Crippen LogP contribution in [0.25, 0.3) is 0 Å². The zero-order valence-electron chi connectivity index (χ0n) is 45.6. The van der Waals surface area contributed by atoms with Crippen molar-refractivity contribution in [3.05, 3.63) is 24.3 Å². The number of rotatable bonds is 53. The maximum atomic E-state index is 12.9. The highest BCUT2D eigenvalue weighted by Crippen LogP contribution is 2.26. The molecule has 0 amide bonds. The predicted octanol–water partition coefficient (Wildman–Crippen LogP) is 14.7. The first-order valence-electron chi connectivity index (χ1n) is 29.6. The number of hydrogen-bond donors (Lipinski definition) is 4. The van der Waals surface area contributed by atoms with E-state index in [0.717, 1.165) is 44.9 Å². The fourth-order valence-electron chi connectivity index (χ4n) is 9.31. The molecule has 0 saturated carbocycles. The summed E-state index contributed by atoms with van der Waals surface area (Å²) in [4.78, 5) is 12.9. The molecule has 0 spiro atoms. The lowest BCUT2D eigenvalue weighted by Gasteiger charge is -2.41.